The number of anilines is 1. The summed E-state index contributed by atoms with van der Waals surface area (Å²) in [7, 11) is 3.83. The van der Waals surface area contributed by atoms with Gasteiger partial charge in [-0.05, 0) is 43.2 Å². The fraction of sp³-hybridized carbons (Fsp3) is 0.375. The molecule has 6 nitrogen and oxygen atoms in total. The van der Waals surface area contributed by atoms with E-state index < -0.39 is 5.60 Å². The van der Waals surface area contributed by atoms with E-state index in [1.165, 1.54) is 0 Å². The quantitative estimate of drug-likeness (QED) is 0.514. The molecule has 0 saturated carbocycles. The highest BCUT2D eigenvalue weighted by molar-refractivity contribution is 6.05. The topological polar surface area (TPSA) is 70.2 Å². The number of fused-ring (bicyclic) bond motifs is 5. The average molecular weight is 405 g/mol. The summed E-state index contributed by atoms with van der Waals surface area (Å²) in [5.41, 5.74) is 4.48. The van der Waals surface area contributed by atoms with E-state index in [0.29, 0.717) is 19.4 Å². The maximum atomic E-state index is 11.4. The van der Waals surface area contributed by atoms with Crippen LogP contribution in [0.25, 0.3) is 27.3 Å². The fourth-order valence-corrected chi connectivity index (χ4v) is 4.76. The van der Waals surface area contributed by atoms with Gasteiger partial charge in [-0.25, -0.2) is 4.98 Å². The van der Waals surface area contributed by atoms with Crippen LogP contribution in [0.2, 0.25) is 0 Å². The number of hydrogen-bond acceptors (Lipinski definition) is 5. The normalized spacial score (nSPS) is 21.8. The predicted molar refractivity (Wildman–Crippen MR) is 119 cm³/mol. The lowest BCUT2D eigenvalue weighted by Gasteiger charge is -2.27. The van der Waals surface area contributed by atoms with Crippen LogP contribution in [-0.4, -0.2) is 40.3 Å². The standard InChI is InChI=1S/C24H27N3O3/c1-5-24(29)8-9-30-14(2)17-13-27-12-15-10-16-19(6-7-21(28)23(16)26(3)4)25-22(15)20(27)11-18(17)24/h6-7,10-14,28-29H,5,8-9H2,1-4H3. The van der Waals surface area contributed by atoms with Crippen molar-refractivity contribution in [2.45, 2.75) is 38.4 Å². The summed E-state index contributed by atoms with van der Waals surface area (Å²) < 4.78 is 8.02. The molecule has 2 N–H and O–H groups in total. The largest absolute Gasteiger partial charge is 0.506 e. The molecule has 3 aromatic heterocycles. The Bertz CT molecular complexity index is 1290. The summed E-state index contributed by atoms with van der Waals surface area (Å²) in [6, 6.07) is 7.70. The molecule has 6 heteroatoms. The van der Waals surface area contributed by atoms with Gasteiger partial charge in [-0.1, -0.05) is 6.92 Å². The molecular weight excluding hydrogens is 378 g/mol. The van der Waals surface area contributed by atoms with Gasteiger partial charge in [-0.15, -0.1) is 0 Å². The molecule has 0 radical (unpaired) electrons. The zero-order valence-electron chi connectivity index (χ0n) is 17.8. The molecule has 0 spiro atoms. The molecule has 156 valence electrons. The van der Waals surface area contributed by atoms with Crippen LogP contribution in [0.3, 0.4) is 0 Å². The van der Waals surface area contributed by atoms with Crippen molar-refractivity contribution in [3.05, 3.63) is 47.8 Å². The second kappa shape index (κ2) is 6.59. The molecule has 1 aliphatic heterocycles. The fourth-order valence-electron chi connectivity index (χ4n) is 4.76. The molecule has 0 fully saturated rings. The lowest BCUT2D eigenvalue weighted by molar-refractivity contribution is -0.00672. The molecule has 0 saturated heterocycles. The Morgan fingerprint density at radius 1 is 1.27 bits per heavy atom. The second-order valence-corrected chi connectivity index (χ2v) is 8.53. The Hall–Kier alpha value is -2.83. The Kier molecular flexibility index (Phi) is 4.21. The van der Waals surface area contributed by atoms with Crippen LogP contribution in [0.5, 0.6) is 5.75 Å². The van der Waals surface area contributed by atoms with E-state index in [-0.39, 0.29) is 11.9 Å². The number of phenolic OH excluding ortho intramolecular Hbond substituents is 1. The Balaban J connectivity index is 1.85. The van der Waals surface area contributed by atoms with Crippen molar-refractivity contribution in [2.24, 2.45) is 0 Å². The number of hydrogen-bond donors (Lipinski definition) is 2. The molecule has 4 heterocycles. The van der Waals surface area contributed by atoms with E-state index in [9.17, 15) is 10.2 Å². The van der Waals surface area contributed by atoms with E-state index in [1.54, 1.807) is 6.07 Å². The summed E-state index contributed by atoms with van der Waals surface area (Å²) >= 11 is 0. The minimum absolute atomic E-state index is 0.0835. The van der Waals surface area contributed by atoms with E-state index >= 15 is 0 Å². The number of rotatable bonds is 2. The van der Waals surface area contributed by atoms with Gasteiger partial charge in [0, 0.05) is 49.2 Å². The number of phenols is 1. The van der Waals surface area contributed by atoms with Crippen LogP contribution < -0.4 is 4.90 Å². The number of benzene rings is 1. The lowest BCUT2D eigenvalue weighted by atomic mass is 9.85. The molecule has 4 aromatic rings. The molecule has 5 rings (SSSR count). The Labute approximate surface area is 175 Å². The summed E-state index contributed by atoms with van der Waals surface area (Å²) in [6.07, 6.45) is 5.26. The molecule has 2 atom stereocenters. The first-order valence-corrected chi connectivity index (χ1v) is 10.4. The summed E-state index contributed by atoms with van der Waals surface area (Å²) in [6.45, 7) is 4.59. The van der Waals surface area contributed by atoms with E-state index in [4.69, 9.17) is 9.72 Å². The van der Waals surface area contributed by atoms with Gasteiger partial charge >= 0.3 is 0 Å². The summed E-state index contributed by atoms with van der Waals surface area (Å²) in [4.78, 5) is 6.85. The van der Waals surface area contributed by atoms with Crippen LogP contribution in [-0.2, 0) is 10.3 Å². The van der Waals surface area contributed by atoms with Gasteiger partial charge in [0.15, 0.2) is 0 Å². The van der Waals surface area contributed by atoms with Crippen molar-refractivity contribution >= 4 is 33.0 Å². The summed E-state index contributed by atoms with van der Waals surface area (Å²) in [5, 5.41) is 23.6. The molecule has 30 heavy (non-hydrogen) atoms. The van der Waals surface area contributed by atoms with E-state index in [0.717, 1.165) is 44.1 Å². The molecular formula is C24H27N3O3. The van der Waals surface area contributed by atoms with Gasteiger partial charge in [0.1, 0.15) is 5.75 Å². The zero-order chi connectivity index (χ0) is 21.2. The Morgan fingerprint density at radius 2 is 2.07 bits per heavy atom. The molecule has 0 amide bonds. The van der Waals surface area contributed by atoms with E-state index in [2.05, 4.69) is 28.9 Å². The Morgan fingerprint density at radius 3 is 2.80 bits per heavy atom. The number of ether oxygens (including phenoxy) is 1. The molecule has 1 aliphatic rings. The smallest absolute Gasteiger partial charge is 0.139 e. The highest BCUT2D eigenvalue weighted by Gasteiger charge is 2.34. The lowest BCUT2D eigenvalue weighted by Crippen LogP contribution is -2.26. The van der Waals surface area contributed by atoms with Crippen molar-refractivity contribution < 1.29 is 14.9 Å². The number of nitrogens with zero attached hydrogens (tertiary/aromatic N) is 3. The van der Waals surface area contributed by atoms with Crippen LogP contribution >= 0.6 is 0 Å². The highest BCUT2D eigenvalue weighted by Crippen LogP contribution is 2.41. The molecule has 1 aromatic carbocycles. The first-order valence-electron chi connectivity index (χ1n) is 10.4. The van der Waals surface area contributed by atoms with Gasteiger partial charge in [0.25, 0.3) is 0 Å². The second-order valence-electron chi connectivity index (χ2n) is 8.53. The maximum absolute atomic E-state index is 11.4. The van der Waals surface area contributed by atoms with Gasteiger partial charge in [-0.3, -0.25) is 0 Å². The molecule has 2 unspecified atom stereocenters. The van der Waals surface area contributed by atoms with Gasteiger partial charge < -0.3 is 24.3 Å². The monoisotopic (exact) mass is 405 g/mol. The third-order valence-corrected chi connectivity index (χ3v) is 6.50. The first-order chi connectivity index (χ1) is 14.3. The van der Waals surface area contributed by atoms with E-state index in [1.807, 2.05) is 38.9 Å². The van der Waals surface area contributed by atoms with Gasteiger partial charge in [0.2, 0.25) is 0 Å². The maximum Gasteiger partial charge on any atom is 0.139 e. The predicted octanol–water partition coefficient (Wildman–Crippen LogP) is 4.49. The minimum Gasteiger partial charge on any atom is -0.506 e. The van der Waals surface area contributed by atoms with Crippen molar-refractivity contribution in [2.75, 3.05) is 25.6 Å². The SMILES string of the molecule is CCC1(O)CCOC(C)c2cn3cc4cc5c(N(C)C)c(O)ccc5nc4c3cc21. The van der Waals surface area contributed by atoms with Crippen molar-refractivity contribution in [1.82, 2.24) is 9.38 Å². The highest BCUT2D eigenvalue weighted by atomic mass is 16.5. The van der Waals surface area contributed by atoms with Gasteiger partial charge in [0.05, 0.1) is 40.5 Å². The number of pyridine rings is 2. The number of aromatic nitrogens is 2. The first kappa shape index (κ1) is 19.2. The number of aliphatic hydroxyl groups is 1. The van der Waals surface area contributed by atoms with Crippen LogP contribution in [0.15, 0.2) is 36.7 Å². The third-order valence-electron chi connectivity index (χ3n) is 6.50. The van der Waals surface area contributed by atoms with Crippen molar-refractivity contribution in [3.8, 4) is 5.75 Å². The zero-order valence-corrected chi connectivity index (χ0v) is 17.8. The average Bonchev–Trinajstić information content (AvgIpc) is 3.01. The minimum atomic E-state index is -0.904. The van der Waals surface area contributed by atoms with Crippen LogP contribution in [0.1, 0.15) is 43.9 Å². The van der Waals surface area contributed by atoms with Gasteiger partial charge in [-0.2, -0.15) is 0 Å². The number of aromatic hydroxyl groups is 1. The van der Waals surface area contributed by atoms with Crippen LogP contribution in [0, 0.1) is 0 Å². The van der Waals surface area contributed by atoms with Crippen LogP contribution in [0.4, 0.5) is 5.69 Å². The van der Waals surface area contributed by atoms with Crippen molar-refractivity contribution in [3.63, 3.8) is 0 Å². The molecule has 0 aliphatic carbocycles. The van der Waals surface area contributed by atoms with Crippen molar-refractivity contribution in [1.29, 1.82) is 0 Å². The summed E-state index contributed by atoms with van der Waals surface area (Å²) in [5.74, 6) is 0.239. The third kappa shape index (κ3) is 2.67. The molecule has 0 bridgehead atoms.